The molecule has 144 valence electrons. The molecule has 3 rings (SSSR count). The van der Waals surface area contributed by atoms with Crippen LogP contribution >= 0.6 is 0 Å². The molecule has 0 aliphatic carbocycles. The van der Waals surface area contributed by atoms with Crippen molar-refractivity contribution in [1.82, 2.24) is 9.88 Å². The molecule has 0 atom stereocenters. The lowest BCUT2D eigenvalue weighted by atomic mass is 10.1. The number of rotatable bonds is 3. The Balaban J connectivity index is 1.63. The SMILES string of the molecule is CN(C)c1cccc(C(=O)N2CCN(c3ccc(C(F)(F)F)cn3)CC2)c1. The van der Waals surface area contributed by atoms with Gasteiger partial charge in [0, 0.05) is 57.7 Å². The number of piperazine rings is 1. The minimum atomic E-state index is -4.39. The number of hydrogen-bond acceptors (Lipinski definition) is 4. The molecule has 8 heteroatoms. The van der Waals surface area contributed by atoms with Gasteiger partial charge in [0.05, 0.1) is 5.56 Å². The molecule has 0 saturated carbocycles. The maximum atomic E-state index is 12.7. The summed E-state index contributed by atoms with van der Waals surface area (Å²) in [5, 5.41) is 0. The lowest BCUT2D eigenvalue weighted by Crippen LogP contribution is -2.49. The second-order valence-electron chi connectivity index (χ2n) is 6.63. The van der Waals surface area contributed by atoms with Crippen molar-refractivity contribution in [2.75, 3.05) is 50.1 Å². The van der Waals surface area contributed by atoms with Crippen molar-refractivity contribution in [3.63, 3.8) is 0 Å². The number of nitrogens with zero attached hydrogens (tertiary/aromatic N) is 4. The van der Waals surface area contributed by atoms with Crippen molar-refractivity contribution >= 4 is 17.4 Å². The standard InChI is InChI=1S/C19H21F3N4O/c1-24(2)16-5-3-4-14(12-16)18(27)26-10-8-25(9-11-26)17-7-6-15(13-23-17)19(20,21)22/h3-7,12-13H,8-11H2,1-2H3. The molecule has 1 saturated heterocycles. The number of aromatic nitrogens is 1. The largest absolute Gasteiger partial charge is 0.417 e. The van der Waals surface area contributed by atoms with E-state index >= 15 is 0 Å². The van der Waals surface area contributed by atoms with Crippen LogP contribution in [0.2, 0.25) is 0 Å². The first-order chi connectivity index (χ1) is 12.8. The third-order valence-electron chi connectivity index (χ3n) is 4.58. The van der Waals surface area contributed by atoms with Gasteiger partial charge in [-0.1, -0.05) is 6.07 Å². The highest BCUT2D eigenvalue weighted by atomic mass is 19.4. The monoisotopic (exact) mass is 378 g/mol. The molecule has 27 heavy (non-hydrogen) atoms. The van der Waals surface area contributed by atoms with Gasteiger partial charge in [0.2, 0.25) is 0 Å². The quantitative estimate of drug-likeness (QED) is 0.823. The summed E-state index contributed by atoms with van der Waals surface area (Å²) in [5.41, 5.74) is 0.816. The van der Waals surface area contributed by atoms with Gasteiger partial charge in [0.1, 0.15) is 5.82 Å². The maximum absolute atomic E-state index is 12.7. The number of benzene rings is 1. The minimum Gasteiger partial charge on any atom is -0.378 e. The van der Waals surface area contributed by atoms with Crippen molar-refractivity contribution in [3.8, 4) is 0 Å². The number of hydrogen-bond donors (Lipinski definition) is 0. The Morgan fingerprint density at radius 3 is 2.33 bits per heavy atom. The molecule has 1 aromatic carbocycles. The van der Waals surface area contributed by atoms with Crippen molar-refractivity contribution in [2.24, 2.45) is 0 Å². The number of carbonyl (C=O) groups excluding carboxylic acids is 1. The van der Waals surface area contributed by atoms with E-state index in [0.717, 1.165) is 18.0 Å². The molecule has 1 amide bonds. The normalized spacial score (nSPS) is 15.0. The summed E-state index contributed by atoms with van der Waals surface area (Å²) < 4.78 is 37.9. The van der Waals surface area contributed by atoms with Gasteiger partial charge in [-0.3, -0.25) is 4.79 Å². The summed E-state index contributed by atoms with van der Waals surface area (Å²) in [6.45, 7) is 2.04. The van der Waals surface area contributed by atoms with E-state index in [1.807, 2.05) is 42.1 Å². The smallest absolute Gasteiger partial charge is 0.378 e. The zero-order valence-electron chi connectivity index (χ0n) is 15.2. The molecule has 2 heterocycles. The lowest BCUT2D eigenvalue weighted by Gasteiger charge is -2.35. The first kappa shape index (κ1) is 19.0. The molecule has 1 aliphatic heterocycles. The molecule has 1 fully saturated rings. The average molecular weight is 378 g/mol. The van der Waals surface area contributed by atoms with E-state index in [2.05, 4.69) is 4.98 Å². The van der Waals surface area contributed by atoms with Gasteiger partial charge in [0.25, 0.3) is 5.91 Å². The van der Waals surface area contributed by atoms with Crippen LogP contribution in [0.1, 0.15) is 15.9 Å². The minimum absolute atomic E-state index is 0.0428. The molecular weight excluding hydrogens is 357 g/mol. The summed E-state index contributed by atoms with van der Waals surface area (Å²) >= 11 is 0. The van der Waals surface area contributed by atoms with E-state index in [9.17, 15) is 18.0 Å². The fourth-order valence-electron chi connectivity index (χ4n) is 2.98. The van der Waals surface area contributed by atoms with Crippen molar-refractivity contribution in [2.45, 2.75) is 6.18 Å². The predicted octanol–water partition coefficient (Wildman–Crippen LogP) is 3.13. The molecule has 0 radical (unpaired) electrons. The molecule has 0 bridgehead atoms. The van der Waals surface area contributed by atoms with Crippen molar-refractivity contribution in [3.05, 3.63) is 53.7 Å². The fraction of sp³-hybridized carbons (Fsp3) is 0.368. The van der Waals surface area contributed by atoms with Crippen molar-refractivity contribution in [1.29, 1.82) is 0 Å². The number of pyridine rings is 1. The van der Waals surface area contributed by atoms with Gasteiger partial charge in [-0.05, 0) is 30.3 Å². The number of carbonyl (C=O) groups is 1. The Bertz CT molecular complexity index is 797. The molecule has 0 N–H and O–H groups in total. The van der Waals surface area contributed by atoms with Crippen molar-refractivity contribution < 1.29 is 18.0 Å². The molecule has 1 aliphatic rings. The van der Waals surface area contributed by atoms with E-state index in [4.69, 9.17) is 0 Å². The first-order valence-corrected chi connectivity index (χ1v) is 8.60. The van der Waals surface area contributed by atoms with E-state index in [-0.39, 0.29) is 5.91 Å². The van der Waals surface area contributed by atoms with Gasteiger partial charge in [-0.25, -0.2) is 4.98 Å². The molecule has 5 nitrogen and oxygen atoms in total. The summed E-state index contributed by atoms with van der Waals surface area (Å²) in [4.78, 5) is 22.2. The summed E-state index contributed by atoms with van der Waals surface area (Å²) in [5.74, 6) is 0.448. The number of amides is 1. The van der Waals surface area contributed by atoms with E-state index in [1.165, 1.54) is 6.07 Å². The topological polar surface area (TPSA) is 39.7 Å². The number of halogens is 3. The Morgan fingerprint density at radius 2 is 1.78 bits per heavy atom. The molecule has 0 unspecified atom stereocenters. The van der Waals surface area contributed by atoms with Crippen LogP contribution in [0.25, 0.3) is 0 Å². The second-order valence-corrected chi connectivity index (χ2v) is 6.63. The summed E-state index contributed by atoms with van der Waals surface area (Å²) in [6.07, 6.45) is -3.54. The zero-order valence-corrected chi connectivity index (χ0v) is 15.2. The Hall–Kier alpha value is -2.77. The fourth-order valence-corrected chi connectivity index (χ4v) is 2.98. The molecule has 1 aromatic heterocycles. The van der Waals surface area contributed by atoms with Gasteiger partial charge in [-0.15, -0.1) is 0 Å². The third kappa shape index (κ3) is 4.32. The first-order valence-electron chi connectivity index (χ1n) is 8.60. The maximum Gasteiger partial charge on any atom is 0.417 e. The summed E-state index contributed by atoms with van der Waals surface area (Å²) in [6, 6.07) is 9.84. The van der Waals surface area contributed by atoms with Crippen LogP contribution in [0.15, 0.2) is 42.6 Å². The Kier molecular flexibility index (Phi) is 5.25. The highest BCUT2D eigenvalue weighted by molar-refractivity contribution is 5.95. The van der Waals surface area contributed by atoms with E-state index < -0.39 is 11.7 Å². The van der Waals surface area contributed by atoms with Crippen LogP contribution in [0.4, 0.5) is 24.7 Å². The second kappa shape index (κ2) is 7.46. The number of alkyl halides is 3. The Labute approximate surface area is 156 Å². The Morgan fingerprint density at radius 1 is 1.07 bits per heavy atom. The summed E-state index contributed by atoms with van der Waals surface area (Å²) in [7, 11) is 3.83. The van der Waals surface area contributed by atoms with E-state index in [0.29, 0.717) is 37.6 Å². The van der Waals surface area contributed by atoms with Crippen LogP contribution in [-0.4, -0.2) is 56.1 Å². The predicted molar refractivity (Wildman–Crippen MR) is 98.1 cm³/mol. The van der Waals surface area contributed by atoms with Crippen LogP contribution in [0.5, 0.6) is 0 Å². The highest BCUT2D eigenvalue weighted by Gasteiger charge is 2.31. The zero-order chi connectivity index (χ0) is 19.6. The van der Waals surface area contributed by atoms with Crippen LogP contribution < -0.4 is 9.80 Å². The van der Waals surface area contributed by atoms with Gasteiger partial charge in [0.15, 0.2) is 0 Å². The van der Waals surface area contributed by atoms with Crippen LogP contribution in [0, 0.1) is 0 Å². The highest BCUT2D eigenvalue weighted by Crippen LogP contribution is 2.29. The van der Waals surface area contributed by atoms with Gasteiger partial charge in [-0.2, -0.15) is 13.2 Å². The molecule has 0 spiro atoms. The molecule has 2 aromatic rings. The average Bonchev–Trinajstić information content (AvgIpc) is 2.67. The van der Waals surface area contributed by atoms with Crippen LogP contribution in [0.3, 0.4) is 0 Å². The van der Waals surface area contributed by atoms with E-state index in [1.54, 1.807) is 11.0 Å². The number of anilines is 2. The van der Waals surface area contributed by atoms with Gasteiger partial charge >= 0.3 is 6.18 Å². The lowest BCUT2D eigenvalue weighted by molar-refractivity contribution is -0.137. The van der Waals surface area contributed by atoms with Crippen LogP contribution in [-0.2, 0) is 6.18 Å². The molecular formula is C19H21F3N4O. The van der Waals surface area contributed by atoms with Gasteiger partial charge < -0.3 is 14.7 Å². The third-order valence-corrected chi connectivity index (χ3v) is 4.58.